The second-order valence-corrected chi connectivity index (χ2v) is 7.82. The van der Waals surface area contributed by atoms with Gasteiger partial charge >= 0.3 is 0 Å². The average Bonchev–Trinajstić information content (AvgIpc) is 3.37. The summed E-state index contributed by atoms with van der Waals surface area (Å²) < 4.78 is 5.37. The normalized spacial score (nSPS) is 20.0. The Bertz CT molecular complexity index is 775. The van der Waals surface area contributed by atoms with Gasteiger partial charge in [-0.05, 0) is 31.9 Å². The molecule has 7 heteroatoms. The predicted octanol–water partition coefficient (Wildman–Crippen LogP) is 3.15. The van der Waals surface area contributed by atoms with Gasteiger partial charge in [-0.3, -0.25) is 4.79 Å². The van der Waals surface area contributed by atoms with E-state index in [1.54, 1.807) is 0 Å². The lowest BCUT2D eigenvalue weighted by Gasteiger charge is -2.19. The third-order valence-electron chi connectivity index (χ3n) is 5.46. The van der Waals surface area contributed by atoms with Gasteiger partial charge in [0.2, 0.25) is 17.6 Å². The Labute approximate surface area is 172 Å². The van der Waals surface area contributed by atoms with Crippen LogP contribution in [0.15, 0.2) is 28.8 Å². The van der Waals surface area contributed by atoms with Crippen LogP contribution in [0.3, 0.4) is 0 Å². The summed E-state index contributed by atoms with van der Waals surface area (Å²) in [6, 6.07) is 7.11. The van der Waals surface area contributed by atoms with Gasteiger partial charge in [-0.15, -0.1) is 0 Å². The van der Waals surface area contributed by atoms with Gasteiger partial charge in [0.05, 0.1) is 12.1 Å². The zero-order valence-corrected chi connectivity index (χ0v) is 17.4. The Hall–Kier alpha value is -2.25. The average molecular weight is 401 g/mol. The number of carbonyl (C=O) groups excluding carboxylic acids is 1. The number of hydrogen-bond acceptors (Lipinski definition) is 6. The summed E-state index contributed by atoms with van der Waals surface area (Å²) in [5.74, 6) is 1.10. The number of carbonyl (C=O) groups is 1. The van der Waals surface area contributed by atoms with Crippen molar-refractivity contribution in [3.63, 3.8) is 0 Å². The SMILES string of the molecule is CCCCCCCc1nc(-c2ccc([C@@H](C)NC(=O)C3NCCC3O)cc2)no1. The number of aliphatic hydroxyl groups excluding tert-OH is 1. The molecule has 1 aliphatic rings. The molecule has 1 amide bonds. The molecule has 0 spiro atoms. The molecule has 3 N–H and O–H groups in total. The van der Waals surface area contributed by atoms with E-state index in [9.17, 15) is 9.90 Å². The number of benzene rings is 1. The van der Waals surface area contributed by atoms with E-state index in [0.29, 0.717) is 24.7 Å². The van der Waals surface area contributed by atoms with Gasteiger partial charge in [0.1, 0.15) is 6.04 Å². The number of aromatic nitrogens is 2. The molecule has 2 aromatic rings. The van der Waals surface area contributed by atoms with Gasteiger partial charge in [0.15, 0.2) is 0 Å². The largest absolute Gasteiger partial charge is 0.391 e. The van der Waals surface area contributed by atoms with E-state index in [0.717, 1.165) is 24.0 Å². The molecular weight excluding hydrogens is 368 g/mol. The van der Waals surface area contributed by atoms with Crippen molar-refractivity contribution < 1.29 is 14.4 Å². The predicted molar refractivity (Wildman–Crippen MR) is 111 cm³/mol. The maximum absolute atomic E-state index is 12.3. The zero-order valence-electron chi connectivity index (χ0n) is 17.4. The van der Waals surface area contributed by atoms with Crippen LogP contribution in [0.25, 0.3) is 11.4 Å². The van der Waals surface area contributed by atoms with Crippen LogP contribution in [0.2, 0.25) is 0 Å². The lowest BCUT2D eigenvalue weighted by atomic mass is 10.0. The first-order valence-electron chi connectivity index (χ1n) is 10.7. The number of aryl methyl sites for hydroxylation is 1. The van der Waals surface area contributed by atoms with E-state index in [1.165, 1.54) is 25.7 Å². The van der Waals surface area contributed by atoms with Gasteiger partial charge in [-0.1, -0.05) is 62.0 Å². The van der Waals surface area contributed by atoms with Crippen LogP contribution in [0.4, 0.5) is 0 Å². The molecule has 158 valence electrons. The van der Waals surface area contributed by atoms with Gasteiger partial charge in [-0.2, -0.15) is 4.98 Å². The van der Waals surface area contributed by atoms with Gasteiger partial charge in [0, 0.05) is 12.0 Å². The second-order valence-electron chi connectivity index (χ2n) is 7.82. The Morgan fingerprint density at radius 1 is 1.28 bits per heavy atom. The Morgan fingerprint density at radius 2 is 2.03 bits per heavy atom. The van der Waals surface area contributed by atoms with Crippen molar-refractivity contribution in [3.05, 3.63) is 35.7 Å². The molecule has 29 heavy (non-hydrogen) atoms. The molecule has 2 heterocycles. The Balaban J connectivity index is 1.52. The maximum atomic E-state index is 12.3. The molecule has 0 aliphatic carbocycles. The zero-order chi connectivity index (χ0) is 20.6. The highest BCUT2D eigenvalue weighted by atomic mass is 16.5. The lowest BCUT2D eigenvalue weighted by Crippen LogP contribution is -2.46. The summed E-state index contributed by atoms with van der Waals surface area (Å²) in [4.78, 5) is 16.8. The van der Waals surface area contributed by atoms with Crippen LogP contribution in [-0.2, 0) is 11.2 Å². The molecule has 0 radical (unpaired) electrons. The van der Waals surface area contributed by atoms with Crippen LogP contribution >= 0.6 is 0 Å². The number of unbranched alkanes of at least 4 members (excludes halogenated alkanes) is 4. The van der Waals surface area contributed by atoms with Gasteiger partial charge in [0.25, 0.3) is 0 Å². The third kappa shape index (κ3) is 5.87. The highest BCUT2D eigenvalue weighted by Gasteiger charge is 2.31. The molecule has 1 saturated heterocycles. The molecule has 3 atom stereocenters. The van der Waals surface area contributed by atoms with Gasteiger partial charge < -0.3 is 20.3 Å². The first kappa shape index (κ1) is 21.5. The molecule has 0 saturated carbocycles. The van der Waals surface area contributed by atoms with Crippen molar-refractivity contribution in [1.82, 2.24) is 20.8 Å². The fourth-order valence-electron chi connectivity index (χ4n) is 3.62. The molecule has 1 aromatic carbocycles. The fraction of sp³-hybridized carbons (Fsp3) is 0.591. The summed E-state index contributed by atoms with van der Waals surface area (Å²) >= 11 is 0. The van der Waals surface area contributed by atoms with Crippen LogP contribution in [0.5, 0.6) is 0 Å². The molecule has 1 fully saturated rings. The fourth-order valence-corrected chi connectivity index (χ4v) is 3.62. The number of hydrogen-bond donors (Lipinski definition) is 3. The molecule has 1 aromatic heterocycles. The highest BCUT2D eigenvalue weighted by molar-refractivity contribution is 5.83. The first-order chi connectivity index (χ1) is 14.1. The minimum Gasteiger partial charge on any atom is -0.391 e. The molecular formula is C22H32N4O3. The first-order valence-corrected chi connectivity index (χ1v) is 10.7. The standard InChI is InChI=1S/C22H32N4O3/c1-3-4-5-6-7-8-19-25-21(26-29-19)17-11-9-16(10-12-17)15(2)24-22(28)20-18(27)13-14-23-20/h9-12,15,18,20,23,27H,3-8,13-14H2,1-2H3,(H,24,28)/t15-,18?,20?/m1/s1. The van der Waals surface area contributed by atoms with E-state index < -0.39 is 12.1 Å². The number of nitrogens with one attached hydrogen (secondary N) is 2. The van der Waals surface area contributed by atoms with Crippen molar-refractivity contribution in [3.8, 4) is 11.4 Å². The second kappa shape index (κ2) is 10.5. The van der Waals surface area contributed by atoms with Gasteiger partial charge in [-0.25, -0.2) is 0 Å². The van der Waals surface area contributed by atoms with Crippen LogP contribution in [0.1, 0.15) is 69.9 Å². The van der Waals surface area contributed by atoms with E-state index in [1.807, 2.05) is 31.2 Å². The molecule has 3 rings (SSSR count). The highest BCUT2D eigenvalue weighted by Crippen LogP contribution is 2.21. The summed E-state index contributed by atoms with van der Waals surface area (Å²) in [5, 5.41) is 19.9. The number of nitrogens with zero attached hydrogens (tertiary/aromatic N) is 2. The smallest absolute Gasteiger partial charge is 0.240 e. The Morgan fingerprint density at radius 3 is 2.72 bits per heavy atom. The topological polar surface area (TPSA) is 100 Å². The van der Waals surface area contributed by atoms with Crippen LogP contribution in [0, 0.1) is 0 Å². The lowest BCUT2D eigenvalue weighted by molar-refractivity contribution is -0.125. The van der Waals surface area contributed by atoms with E-state index in [2.05, 4.69) is 27.7 Å². The maximum Gasteiger partial charge on any atom is 0.240 e. The summed E-state index contributed by atoms with van der Waals surface area (Å²) in [6.07, 6.45) is 6.83. The van der Waals surface area contributed by atoms with E-state index >= 15 is 0 Å². The van der Waals surface area contributed by atoms with E-state index in [4.69, 9.17) is 4.52 Å². The summed E-state index contributed by atoms with van der Waals surface area (Å²) in [7, 11) is 0. The van der Waals surface area contributed by atoms with Crippen molar-refractivity contribution in [2.24, 2.45) is 0 Å². The minimum atomic E-state index is -0.622. The van der Waals surface area contributed by atoms with Crippen LogP contribution < -0.4 is 10.6 Å². The summed E-state index contributed by atoms with van der Waals surface area (Å²) in [6.45, 7) is 4.80. The quantitative estimate of drug-likeness (QED) is 0.530. The summed E-state index contributed by atoms with van der Waals surface area (Å²) in [5.41, 5.74) is 1.87. The monoisotopic (exact) mass is 400 g/mol. The van der Waals surface area contributed by atoms with Crippen molar-refractivity contribution in [2.75, 3.05) is 6.54 Å². The molecule has 0 bridgehead atoms. The number of aliphatic hydroxyl groups is 1. The van der Waals surface area contributed by atoms with Crippen molar-refractivity contribution >= 4 is 5.91 Å². The molecule has 1 aliphatic heterocycles. The minimum absolute atomic E-state index is 0.157. The van der Waals surface area contributed by atoms with Crippen molar-refractivity contribution in [1.29, 1.82) is 0 Å². The molecule has 2 unspecified atom stereocenters. The Kier molecular flexibility index (Phi) is 7.77. The third-order valence-corrected chi connectivity index (χ3v) is 5.46. The van der Waals surface area contributed by atoms with Crippen molar-refractivity contribution in [2.45, 2.75) is 77.0 Å². The number of amides is 1. The van der Waals surface area contributed by atoms with Crippen LogP contribution in [-0.4, -0.2) is 39.8 Å². The number of rotatable bonds is 10. The van der Waals surface area contributed by atoms with E-state index in [-0.39, 0.29) is 11.9 Å². The molecule has 7 nitrogen and oxygen atoms in total.